The lowest BCUT2D eigenvalue weighted by molar-refractivity contribution is 0.275. The topological polar surface area (TPSA) is 50.1 Å². The van der Waals surface area contributed by atoms with E-state index in [1.165, 1.54) is 5.56 Å². The van der Waals surface area contributed by atoms with E-state index in [1.807, 2.05) is 12.1 Å². The van der Waals surface area contributed by atoms with Crippen molar-refractivity contribution in [1.29, 1.82) is 0 Å². The molecule has 0 amide bonds. The number of imidazole rings is 1. The lowest BCUT2D eigenvalue weighted by atomic mass is 10.1. The van der Waals surface area contributed by atoms with E-state index in [0.29, 0.717) is 0 Å². The fraction of sp³-hybridized carbons (Fsp3) is 0.357. The first-order valence-electron chi connectivity index (χ1n) is 6.27. The SMILES string of the molecule is Cc1ccccc1-c1nc(CO)c2n1CCNC2. The van der Waals surface area contributed by atoms with Gasteiger partial charge in [-0.1, -0.05) is 24.3 Å². The van der Waals surface area contributed by atoms with Crippen molar-refractivity contribution in [3.63, 3.8) is 0 Å². The van der Waals surface area contributed by atoms with Crippen LogP contribution in [0.4, 0.5) is 0 Å². The molecule has 1 aliphatic heterocycles. The molecule has 0 unspecified atom stereocenters. The minimum atomic E-state index is 0.00287. The summed E-state index contributed by atoms with van der Waals surface area (Å²) in [6, 6.07) is 8.25. The van der Waals surface area contributed by atoms with Crippen molar-refractivity contribution >= 4 is 0 Å². The molecule has 3 rings (SSSR count). The van der Waals surface area contributed by atoms with Gasteiger partial charge in [0.1, 0.15) is 5.82 Å². The van der Waals surface area contributed by atoms with E-state index < -0.39 is 0 Å². The number of nitrogens with zero attached hydrogens (tertiary/aromatic N) is 2. The van der Waals surface area contributed by atoms with Crippen LogP contribution in [0.1, 0.15) is 17.0 Å². The van der Waals surface area contributed by atoms with Crippen LogP contribution in [-0.4, -0.2) is 21.2 Å². The molecule has 0 radical (unpaired) electrons. The summed E-state index contributed by atoms with van der Waals surface area (Å²) in [5.74, 6) is 0.980. The minimum Gasteiger partial charge on any atom is -0.390 e. The highest BCUT2D eigenvalue weighted by Gasteiger charge is 2.20. The zero-order valence-electron chi connectivity index (χ0n) is 10.5. The van der Waals surface area contributed by atoms with Crippen molar-refractivity contribution in [3.8, 4) is 11.4 Å². The Balaban J connectivity index is 2.18. The number of hydrogen-bond donors (Lipinski definition) is 2. The Morgan fingerprint density at radius 1 is 1.39 bits per heavy atom. The summed E-state index contributed by atoms with van der Waals surface area (Å²) in [5, 5.41) is 12.7. The number of rotatable bonds is 2. The van der Waals surface area contributed by atoms with Crippen molar-refractivity contribution in [2.24, 2.45) is 0 Å². The second-order valence-electron chi connectivity index (χ2n) is 4.63. The average molecular weight is 243 g/mol. The molecule has 1 aromatic carbocycles. The molecule has 0 fully saturated rings. The predicted molar refractivity (Wildman–Crippen MR) is 70.0 cm³/mol. The van der Waals surface area contributed by atoms with Crippen LogP contribution in [0.25, 0.3) is 11.4 Å². The van der Waals surface area contributed by atoms with E-state index in [1.54, 1.807) is 0 Å². The van der Waals surface area contributed by atoms with Gasteiger partial charge in [0, 0.05) is 25.2 Å². The summed E-state index contributed by atoms with van der Waals surface area (Å²) in [7, 11) is 0. The summed E-state index contributed by atoms with van der Waals surface area (Å²) >= 11 is 0. The lowest BCUT2D eigenvalue weighted by Crippen LogP contribution is -2.28. The number of hydrogen-bond acceptors (Lipinski definition) is 3. The molecule has 0 saturated carbocycles. The third-order valence-electron chi connectivity index (χ3n) is 3.50. The van der Waals surface area contributed by atoms with E-state index in [9.17, 15) is 5.11 Å². The van der Waals surface area contributed by atoms with Gasteiger partial charge in [-0.05, 0) is 12.5 Å². The first-order chi connectivity index (χ1) is 8.81. The zero-order chi connectivity index (χ0) is 12.5. The van der Waals surface area contributed by atoms with Crippen molar-refractivity contribution in [2.75, 3.05) is 6.54 Å². The second-order valence-corrected chi connectivity index (χ2v) is 4.63. The summed E-state index contributed by atoms with van der Waals surface area (Å²) in [6.45, 7) is 4.74. The summed E-state index contributed by atoms with van der Waals surface area (Å²) in [5.41, 5.74) is 4.27. The van der Waals surface area contributed by atoms with Crippen LogP contribution in [0, 0.1) is 6.92 Å². The normalized spacial score (nSPS) is 14.6. The number of benzene rings is 1. The van der Waals surface area contributed by atoms with E-state index >= 15 is 0 Å². The molecule has 0 spiro atoms. The minimum absolute atomic E-state index is 0.00287. The van der Waals surface area contributed by atoms with Crippen molar-refractivity contribution in [2.45, 2.75) is 26.6 Å². The molecule has 0 saturated heterocycles. The van der Waals surface area contributed by atoms with E-state index in [-0.39, 0.29) is 6.61 Å². The molecule has 1 aliphatic rings. The van der Waals surface area contributed by atoms with Gasteiger partial charge in [-0.15, -0.1) is 0 Å². The fourth-order valence-corrected chi connectivity index (χ4v) is 2.53. The molecule has 2 N–H and O–H groups in total. The summed E-state index contributed by atoms with van der Waals surface area (Å²) in [4.78, 5) is 4.61. The van der Waals surface area contributed by atoms with Gasteiger partial charge in [0.15, 0.2) is 0 Å². The monoisotopic (exact) mass is 243 g/mol. The third kappa shape index (κ3) is 1.74. The van der Waals surface area contributed by atoms with Crippen LogP contribution >= 0.6 is 0 Å². The molecule has 4 nitrogen and oxygen atoms in total. The Labute approximate surface area is 106 Å². The standard InChI is InChI=1S/C14H17N3O/c1-10-4-2-3-5-11(10)14-16-12(9-18)13-8-15-6-7-17(13)14/h2-5,15,18H,6-9H2,1H3. The first-order valence-corrected chi connectivity index (χ1v) is 6.27. The smallest absolute Gasteiger partial charge is 0.140 e. The van der Waals surface area contributed by atoms with Gasteiger partial charge in [0.2, 0.25) is 0 Å². The Bertz CT molecular complexity index is 574. The Morgan fingerprint density at radius 3 is 3.00 bits per heavy atom. The largest absolute Gasteiger partial charge is 0.390 e. The maximum Gasteiger partial charge on any atom is 0.140 e. The highest BCUT2D eigenvalue weighted by Crippen LogP contribution is 2.26. The highest BCUT2D eigenvalue weighted by atomic mass is 16.3. The molecule has 1 aromatic heterocycles. The molecule has 94 valence electrons. The maximum atomic E-state index is 9.42. The lowest BCUT2D eigenvalue weighted by Gasteiger charge is -2.19. The third-order valence-corrected chi connectivity index (χ3v) is 3.50. The van der Waals surface area contributed by atoms with E-state index in [2.05, 4.69) is 33.9 Å². The molecule has 2 aromatic rings. The van der Waals surface area contributed by atoms with Gasteiger partial charge in [-0.3, -0.25) is 0 Å². The zero-order valence-corrected chi connectivity index (χ0v) is 10.5. The maximum absolute atomic E-state index is 9.42. The molecule has 2 heterocycles. The van der Waals surface area contributed by atoms with E-state index in [0.717, 1.165) is 42.4 Å². The van der Waals surface area contributed by atoms with Gasteiger partial charge < -0.3 is 15.0 Å². The van der Waals surface area contributed by atoms with Gasteiger partial charge in [-0.2, -0.15) is 0 Å². The first kappa shape index (κ1) is 11.4. The number of nitrogens with one attached hydrogen (secondary N) is 1. The van der Waals surface area contributed by atoms with Crippen LogP contribution in [0.3, 0.4) is 0 Å². The van der Waals surface area contributed by atoms with Crippen molar-refractivity contribution < 1.29 is 5.11 Å². The highest BCUT2D eigenvalue weighted by molar-refractivity contribution is 5.61. The van der Waals surface area contributed by atoms with Crippen LogP contribution in [0.2, 0.25) is 0 Å². The summed E-state index contributed by atoms with van der Waals surface area (Å²) in [6.07, 6.45) is 0. The molecular formula is C14H17N3O. The number of aryl methyl sites for hydroxylation is 1. The van der Waals surface area contributed by atoms with Gasteiger partial charge in [0.05, 0.1) is 18.0 Å². The van der Waals surface area contributed by atoms with E-state index in [4.69, 9.17) is 0 Å². The number of aromatic nitrogens is 2. The Kier molecular flexibility index (Phi) is 2.89. The van der Waals surface area contributed by atoms with Crippen LogP contribution < -0.4 is 5.32 Å². The van der Waals surface area contributed by atoms with Gasteiger partial charge in [0.25, 0.3) is 0 Å². The molecule has 0 aliphatic carbocycles. The summed E-state index contributed by atoms with van der Waals surface area (Å²) < 4.78 is 2.23. The van der Waals surface area contributed by atoms with Crippen molar-refractivity contribution in [3.05, 3.63) is 41.2 Å². The van der Waals surface area contributed by atoms with Gasteiger partial charge in [-0.25, -0.2) is 4.98 Å². The van der Waals surface area contributed by atoms with Crippen LogP contribution in [-0.2, 0) is 19.7 Å². The quantitative estimate of drug-likeness (QED) is 0.839. The number of aliphatic hydroxyl groups excluding tert-OH is 1. The molecule has 4 heteroatoms. The molecule has 0 atom stereocenters. The predicted octanol–water partition coefficient (Wildman–Crippen LogP) is 1.45. The van der Waals surface area contributed by atoms with Crippen molar-refractivity contribution in [1.82, 2.24) is 14.9 Å². The fourth-order valence-electron chi connectivity index (χ4n) is 2.53. The van der Waals surface area contributed by atoms with Crippen LogP contribution in [0.5, 0.6) is 0 Å². The van der Waals surface area contributed by atoms with Crippen LogP contribution in [0.15, 0.2) is 24.3 Å². The number of fused-ring (bicyclic) bond motifs is 1. The average Bonchev–Trinajstić information content (AvgIpc) is 2.78. The molecule has 0 bridgehead atoms. The second kappa shape index (κ2) is 4.55. The molecular weight excluding hydrogens is 226 g/mol. The number of aliphatic hydroxyl groups is 1. The Morgan fingerprint density at radius 2 is 2.22 bits per heavy atom. The van der Waals surface area contributed by atoms with Gasteiger partial charge >= 0.3 is 0 Å². The molecule has 18 heavy (non-hydrogen) atoms. The Hall–Kier alpha value is -1.65.